The molecule has 35 heavy (non-hydrogen) atoms. The monoisotopic (exact) mass is 476 g/mol. The van der Waals surface area contributed by atoms with Gasteiger partial charge >= 0.3 is 0 Å². The summed E-state index contributed by atoms with van der Waals surface area (Å²) < 4.78 is 0. The number of imide groups is 1. The van der Waals surface area contributed by atoms with Crippen molar-refractivity contribution in [1.29, 1.82) is 0 Å². The molecule has 3 atom stereocenters. The predicted octanol–water partition coefficient (Wildman–Crippen LogP) is 3.22. The van der Waals surface area contributed by atoms with Gasteiger partial charge in [-0.25, -0.2) is 0 Å². The Bertz CT molecular complexity index is 1140. The topological polar surface area (TPSA) is 98.2 Å². The van der Waals surface area contributed by atoms with Crippen LogP contribution in [0.25, 0.3) is 0 Å². The largest absolute Gasteiger partial charge is 0.392 e. The number of benzene rings is 2. The highest BCUT2D eigenvalue weighted by atomic mass is 16.3. The van der Waals surface area contributed by atoms with Gasteiger partial charge in [0.2, 0.25) is 5.91 Å². The number of rotatable bonds is 5. The fourth-order valence-electron chi connectivity index (χ4n) is 6.08. The molecule has 7 heteroatoms. The fourth-order valence-corrected chi connectivity index (χ4v) is 6.08. The summed E-state index contributed by atoms with van der Waals surface area (Å²) in [5.41, 5.74) is 3.85. The van der Waals surface area contributed by atoms with Crippen molar-refractivity contribution in [2.75, 3.05) is 13.1 Å². The van der Waals surface area contributed by atoms with Crippen LogP contribution >= 0.6 is 0 Å². The van der Waals surface area contributed by atoms with Crippen molar-refractivity contribution in [2.45, 2.75) is 58.3 Å². The third kappa shape index (κ3) is 4.06. The lowest BCUT2D eigenvalue weighted by Crippen LogP contribution is -2.49. The second kappa shape index (κ2) is 9.55. The fraction of sp³-hybridized carbons (Fsp3) is 0.464. The third-order valence-corrected chi connectivity index (χ3v) is 8.10. The van der Waals surface area contributed by atoms with Crippen molar-refractivity contribution in [2.24, 2.45) is 11.8 Å². The summed E-state index contributed by atoms with van der Waals surface area (Å²) in [5, 5.41) is 19.7. The Kier molecular flexibility index (Phi) is 6.47. The number of aliphatic hydroxyl groups excluding tert-OH is 2. The van der Waals surface area contributed by atoms with E-state index in [-0.39, 0.29) is 43.4 Å². The normalized spacial score (nSPS) is 23.9. The summed E-state index contributed by atoms with van der Waals surface area (Å²) in [7, 11) is 0. The Labute approximate surface area is 205 Å². The molecule has 3 aliphatic rings. The van der Waals surface area contributed by atoms with E-state index < -0.39 is 6.04 Å². The van der Waals surface area contributed by atoms with Gasteiger partial charge in [0.15, 0.2) is 0 Å². The lowest BCUT2D eigenvalue weighted by atomic mass is 9.78. The van der Waals surface area contributed by atoms with Crippen LogP contribution in [0.1, 0.15) is 81.6 Å². The van der Waals surface area contributed by atoms with E-state index in [1.807, 2.05) is 17.0 Å². The summed E-state index contributed by atoms with van der Waals surface area (Å²) >= 11 is 0. The Hall–Kier alpha value is -3.03. The smallest absolute Gasteiger partial charge is 0.261 e. The lowest BCUT2D eigenvalue weighted by molar-refractivity contribution is -0.141. The third-order valence-electron chi connectivity index (χ3n) is 8.10. The number of nitrogens with zero attached hydrogens (tertiary/aromatic N) is 2. The average Bonchev–Trinajstić information content (AvgIpc) is 3.12. The SMILES string of the molecule is C[C@H]1CCCC[C@H]1C(=O)N1CCc2cc(CO)c(CO)cc2[C@H]1CN1C(=O)c2ccccc2C1=O. The molecule has 2 aliphatic heterocycles. The molecule has 3 amide bonds. The van der Waals surface area contributed by atoms with Crippen molar-refractivity contribution in [3.05, 3.63) is 69.8 Å². The van der Waals surface area contributed by atoms with Gasteiger partial charge in [-0.3, -0.25) is 19.3 Å². The zero-order chi connectivity index (χ0) is 24.7. The van der Waals surface area contributed by atoms with Gasteiger partial charge in [-0.15, -0.1) is 0 Å². The van der Waals surface area contributed by atoms with E-state index >= 15 is 0 Å². The lowest BCUT2D eigenvalue weighted by Gasteiger charge is -2.42. The molecule has 5 rings (SSSR count). The molecule has 2 aromatic carbocycles. The van der Waals surface area contributed by atoms with Crippen LogP contribution in [0.15, 0.2) is 36.4 Å². The maximum atomic E-state index is 13.9. The van der Waals surface area contributed by atoms with E-state index in [4.69, 9.17) is 0 Å². The number of aliphatic hydroxyl groups is 2. The van der Waals surface area contributed by atoms with Gasteiger partial charge in [-0.2, -0.15) is 0 Å². The molecule has 0 spiro atoms. The van der Waals surface area contributed by atoms with Crippen molar-refractivity contribution in [1.82, 2.24) is 9.80 Å². The summed E-state index contributed by atoms with van der Waals surface area (Å²) in [5.74, 6) is -0.372. The molecule has 0 aromatic heterocycles. The first-order chi connectivity index (χ1) is 16.9. The molecule has 184 valence electrons. The van der Waals surface area contributed by atoms with Crippen molar-refractivity contribution >= 4 is 17.7 Å². The molecule has 0 bridgehead atoms. The van der Waals surface area contributed by atoms with E-state index in [1.165, 1.54) is 4.90 Å². The molecular formula is C28H32N2O5. The van der Waals surface area contributed by atoms with Crippen molar-refractivity contribution in [3.63, 3.8) is 0 Å². The molecule has 1 saturated carbocycles. The summed E-state index contributed by atoms with van der Waals surface area (Å²) in [4.78, 5) is 43.3. The molecule has 1 aliphatic carbocycles. The first-order valence-corrected chi connectivity index (χ1v) is 12.6. The van der Waals surface area contributed by atoms with Gasteiger partial charge in [0.25, 0.3) is 11.8 Å². The van der Waals surface area contributed by atoms with E-state index in [0.717, 1.165) is 36.8 Å². The zero-order valence-electron chi connectivity index (χ0n) is 20.1. The summed E-state index contributed by atoms with van der Waals surface area (Å²) in [6.07, 6.45) is 4.67. The molecular weight excluding hydrogens is 444 g/mol. The Morgan fingerprint density at radius 2 is 1.60 bits per heavy atom. The van der Waals surface area contributed by atoms with Gasteiger partial charge in [-0.05, 0) is 59.6 Å². The van der Waals surface area contributed by atoms with E-state index in [2.05, 4.69) is 6.92 Å². The van der Waals surface area contributed by atoms with Crippen LogP contribution in [0.3, 0.4) is 0 Å². The van der Waals surface area contributed by atoms with Gasteiger partial charge in [0.05, 0.1) is 36.9 Å². The number of carbonyl (C=O) groups excluding carboxylic acids is 3. The second-order valence-electron chi connectivity index (χ2n) is 10.1. The Morgan fingerprint density at radius 1 is 0.971 bits per heavy atom. The molecule has 1 fully saturated rings. The van der Waals surface area contributed by atoms with Crippen LogP contribution < -0.4 is 0 Å². The number of amides is 3. The Morgan fingerprint density at radius 3 is 2.23 bits per heavy atom. The standard InChI is InChI=1S/C28H32N2O5/c1-17-6-2-3-7-21(17)26(33)29-11-10-18-12-19(15-31)20(16-32)13-24(18)25(29)14-30-27(34)22-8-4-5-9-23(22)28(30)35/h4-5,8-9,12-13,17,21,25,31-32H,2-3,6-7,10-11,14-16H2,1H3/t17-,21+,25+/m0/s1. The van der Waals surface area contributed by atoms with E-state index in [1.54, 1.807) is 24.3 Å². The van der Waals surface area contributed by atoms with Crippen molar-refractivity contribution < 1.29 is 24.6 Å². The maximum Gasteiger partial charge on any atom is 0.261 e. The van der Waals surface area contributed by atoms with E-state index in [9.17, 15) is 24.6 Å². The van der Waals surface area contributed by atoms with Crippen LogP contribution in [-0.4, -0.2) is 50.8 Å². The molecule has 2 aromatic rings. The molecule has 2 heterocycles. The van der Waals surface area contributed by atoms with E-state index in [0.29, 0.717) is 41.1 Å². The van der Waals surface area contributed by atoms with Crippen LogP contribution in [0, 0.1) is 11.8 Å². The minimum atomic E-state index is -0.499. The first-order valence-electron chi connectivity index (χ1n) is 12.6. The minimum absolute atomic E-state index is 0.0650. The molecule has 0 unspecified atom stereocenters. The molecule has 2 N–H and O–H groups in total. The zero-order valence-corrected chi connectivity index (χ0v) is 20.1. The number of hydrogen-bond donors (Lipinski definition) is 2. The summed E-state index contributed by atoms with van der Waals surface area (Å²) in [6, 6.07) is 10.0. The highest BCUT2D eigenvalue weighted by Crippen LogP contribution is 2.38. The Balaban J connectivity index is 1.54. The van der Waals surface area contributed by atoms with Crippen LogP contribution in [0.4, 0.5) is 0 Å². The number of hydrogen-bond acceptors (Lipinski definition) is 5. The molecule has 0 saturated heterocycles. The van der Waals surface area contributed by atoms with Crippen LogP contribution in [0.5, 0.6) is 0 Å². The van der Waals surface area contributed by atoms with Crippen LogP contribution in [-0.2, 0) is 24.4 Å². The minimum Gasteiger partial charge on any atom is -0.392 e. The average molecular weight is 477 g/mol. The quantitative estimate of drug-likeness (QED) is 0.646. The predicted molar refractivity (Wildman–Crippen MR) is 129 cm³/mol. The second-order valence-corrected chi connectivity index (χ2v) is 10.1. The molecule has 0 radical (unpaired) electrons. The number of carbonyl (C=O) groups is 3. The van der Waals surface area contributed by atoms with Gasteiger partial charge in [0.1, 0.15) is 0 Å². The first kappa shape index (κ1) is 23.7. The van der Waals surface area contributed by atoms with Gasteiger partial charge in [-0.1, -0.05) is 44.0 Å². The molecule has 7 nitrogen and oxygen atoms in total. The van der Waals surface area contributed by atoms with Gasteiger partial charge < -0.3 is 15.1 Å². The van der Waals surface area contributed by atoms with Crippen LogP contribution in [0.2, 0.25) is 0 Å². The highest BCUT2D eigenvalue weighted by Gasteiger charge is 2.42. The highest BCUT2D eigenvalue weighted by molar-refractivity contribution is 6.21. The van der Waals surface area contributed by atoms with Gasteiger partial charge in [0, 0.05) is 12.5 Å². The van der Waals surface area contributed by atoms with Crippen molar-refractivity contribution in [3.8, 4) is 0 Å². The summed E-state index contributed by atoms with van der Waals surface area (Å²) in [6.45, 7) is 2.27. The maximum absolute atomic E-state index is 13.9. The number of fused-ring (bicyclic) bond motifs is 2.